The summed E-state index contributed by atoms with van der Waals surface area (Å²) < 4.78 is 4.94. The molecule has 1 aromatic heterocycles. The Balaban J connectivity index is 0.00000242. The van der Waals surface area contributed by atoms with Crippen LogP contribution in [0.2, 0.25) is 0 Å². The van der Waals surface area contributed by atoms with E-state index in [-0.39, 0.29) is 30.7 Å². The number of carbonyl (C=O) groups is 1. The number of methoxy groups -OCH3 is 1. The molecule has 0 aromatic carbocycles. The Hall–Kier alpha value is -0.600. The number of piperazine rings is 1. The summed E-state index contributed by atoms with van der Waals surface area (Å²) in [5, 5.41) is 4.18. The smallest absolute Gasteiger partial charge is 0.236 e. The molecule has 0 aliphatic carbocycles. The van der Waals surface area contributed by atoms with E-state index in [1.165, 1.54) is 4.88 Å². The summed E-state index contributed by atoms with van der Waals surface area (Å²) in [6, 6.07) is 0. The van der Waals surface area contributed by atoms with Crippen LogP contribution in [0.25, 0.3) is 0 Å². The first-order valence-electron chi connectivity index (χ1n) is 7.41. The minimum absolute atomic E-state index is 0. The number of amides is 1. The summed E-state index contributed by atoms with van der Waals surface area (Å²) in [4.78, 5) is 22.0. The van der Waals surface area contributed by atoms with Gasteiger partial charge in [0, 0.05) is 50.9 Å². The van der Waals surface area contributed by atoms with Crippen molar-refractivity contribution in [3.05, 3.63) is 11.1 Å². The third-order valence-electron chi connectivity index (χ3n) is 3.55. The number of anilines is 1. The minimum atomic E-state index is 0. The summed E-state index contributed by atoms with van der Waals surface area (Å²) in [6.45, 7) is 7.13. The molecule has 6 nitrogen and oxygen atoms in total. The number of rotatable bonds is 7. The molecule has 0 atom stereocenters. The SMILES string of the molecule is CCc1cnc(N2CCN(C(=O)CNCCOC)CC2)s1.Cl.Cl. The predicted octanol–water partition coefficient (Wildman–Crippen LogP) is 1.43. The fraction of sp³-hybridized carbons (Fsp3) is 0.714. The van der Waals surface area contributed by atoms with Gasteiger partial charge in [-0.1, -0.05) is 6.92 Å². The van der Waals surface area contributed by atoms with E-state index in [0.717, 1.165) is 37.7 Å². The Morgan fingerprint density at radius 2 is 2.04 bits per heavy atom. The van der Waals surface area contributed by atoms with Crippen LogP contribution in [0.1, 0.15) is 11.8 Å². The quantitative estimate of drug-likeness (QED) is 0.720. The van der Waals surface area contributed by atoms with Gasteiger partial charge in [0.15, 0.2) is 5.13 Å². The Bertz CT molecular complexity index is 454. The molecule has 0 radical (unpaired) electrons. The summed E-state index contributed by atoms with van der Waals surface area (Å²) in [5.41, 5.74) is 0. The lowest BCUT2D eigenvalue weighted by atomic mass is 10.3. The van der Waals surface area contributed by atoms with Crippen molar-refractivity contribution in [1.82, 2.24) is 15.2 Å². The number of nitrogens with zero attached hydrogens (tertiary/aromatic N) is 3. The highest BCUT2D eigenvalue weighted by molar-refractivity contribution is 7.15. The largest absolute Gasteiger partial charge is 0.383 e. The van der Waals surface area contributed by atoms with Gasteiger partial charge in [-0.05, 0) is 6.42 Å². The number of ether oxygens (including phenoxy) is 1. The predicted molar refractivity (Wildman–Crippen MR) is 99.5 cm³/mol. The van der Waals surface area contributed by atoms with E-state index in [2.05, 4.69) is 22.1 Å². The van der Waals surface area contributed by atoms with Crippen LogP contribution < -0.4 is 10.2 Å². The van der Waals surface area contributed by atoms with Gasteiger partial charge in [-0.2, -0.15) is 0 Å². The van der Waals surface area contributed by atoms with Crippen molar-refractivity contribution in [2.45, 2.75) is 13.3 Å². The summed E-state index contributed by atoms with van der Waals surface area (Å²) in [7, 11) is 1.66. The van der Waals surface area contributed by atoms with Gasteiger partial charge in [-0.25, -0.2) is 4.98 Å². The number of hydrogen-bond acceptors (Lipinski definition) is 6. The number of nitrogens with one attached hydrogen (secondary N) is 1. The molecule has 23 heavy (non-hydrogen) atoms. The van der Waals surface area contributed by atoms with Crippen molar-refractivity contribution < 1.29 is 9.53 Å². The molecular weight excluding hydrogens is 359 g/mol. The van der Waals surface area contributed by atoms with Crippen molar-refractivity contribution in [2.75, 3.05) is 57.9 Å². The molecule has 0 unspecified atom stereocenters. The molecule has 0 bridgehead atoms. The van der Waals surface area contributed by atoms with Gasteiger partial charge in [0.1, 0.15) is 0 Å². The molecule has 0 saturated carbocycles. The van der Waals surface area contributed by atoms with E-state index in [0.29, 0.717) is 19.7 Å². The molecule has 0 spiro atoms. The maximum atomic E-state index is 12.0. The molecule has 2 rings (SSSR count). The van der Waals surface area contributed by atoms with Crippen LogP contribution in [0.5, 0.6) is 0 Å². The van der Waals surface area contributed by atoms with Gasteiger partial charge in [-0.3, -0.25) is 4.79 Å². The molecule has 1 fully saturated rings. The summed E-state index contributed by atoms with van der Waals surface area (Å²) >= 11 is 1.75. The fourth-order valence-corrected chi connectivity index (χ4v) is 3.14. The third kappa shape index (κ3) is 6.81. The molecule has 134 valence electrons. The highest BCUT2D eigenvalue weighted by atomic mass is 35.5. The number of carbonyl (C=O) groups excluding carboxylic acids is 1. The van der Waals surface area contributed by atoms with Crippen molar-refractivity contribution >= 4 is 47.2 Å². The molecule has 1 amide bonds. The standard InChI is InChI=1S/C14H24N4O2S.2ClH/c1-3-12-10-16-14(21-12)18-7-5-17(6-8-18)13(19)11-15-4-9-20-2;;/h10,15H,3-9,11H2,1-2H3;2*1H. The first kappa shape index (κ1) is 22.4. The van der Waals surface area contributed by atoms with Gasteiger partial charge in [0.25, 0.3) is 0 Å². The van der Waals surface area contributed by atoms with Crippen LogP contribution in [0.3, 0.4) is 0 Å². The molecule has 1 saturated heterocycles. The summed E-state index contributed by atoms with van der Waals surface area (Å²) in [6.07, 6.45) is 2.99. The van der Waals surface area contributed by atoms with E-state index < -0.39 is 0 Å². The van der Waals surface area contributed by atoms with E-state index >= 15 is 0 Å². The van der Waals surface area contributed by atoms with Crippen LogP contribution >= 0.6 is 36.2 Å². The summed E-state index contributed by atoms with van der Waals surface area (Å²) in [5.74, 6) is 0.166. The van der Waals surface area contributed by atoms with Gasteiger partial charge >= 0.3 is 0 Å². The zero-order valence-electron chi connectivity index (χ0n) is 13.6. The van der Waals surface area contributed by atoms with Gasteiger partial charge in [0.05, 0.1) is 13.2 Å². The third-order valence-corrected chi connectivity index (χ3v) is 4.75. The van der Waals surface area contributed by atoms with Crippen LogP contribution in [0.15, 0.2) is 6.20 Å². The normalized spacial score (nSPS) is 14.2. The first-order chi connectivity index (χ1) is 10.2. The monoisotopic (exact) mass is 384 g/mol. The maximum absolute atomic E-state index is 12.0. The number of halogens is 2. The Kier molecular flexibility index (Phi) is 11.6. The molecule has 1 N–H and O–H groups in total. The number of aromatic nitrogens is 1. The van der Waals surface area contributed by atoms with Crippen molar-refractivity contribution in [1.29, 1.82) is 0 Å². The second-order valence-electron chi connectivity index (χ2n) is 5.00. The Morgan fingerprint density at radius 3 is 2.61 bits per heavy atom. The number of hydrogen-bond donors (Lipinski definition) is 1. The topological polar surface area (TPSA) is 57.7 Å². The Labute approximate surface area is 154 Å². The average molecular weight is 385 g/mol. The van der Waals surface area contributed by atoms with Crippen molar-refractivity contribution in [3.63, 3.8) is 0 Å². The van der Waals surface area contributed by atoms with E-state index in [9.17, 15) is 4.79 Å². The molecule has 1 aliphatic heterocycles. The highest BCUT2D eigenvalue weighted by Gasteiger charge is 2.22. The number of thiazole rings is 1. The van der Waals surface area contributed by atoms with Crippen LogP contribution in [-0.2, 0) is 16.0 Å². The van der Waals surface area contributed by atoms with Gasteiger partial charge < -0.3 is 19.9 Å². The molecule has 9 heteroatoms. The van der Waals surface area contributed by atoms with E-state index in [1.54, 1.807) is 18.4 Å². The van der Waals surface area contributed by atoms with Crippen LogP contribution in [0, 0.1) is 0 Å². The second kappa shape index (κ2) is 11.9. The lowest BCUT2D eigenvalue weighted by Gasteiger charge is -2.34. The van der Waals surface area contributed by atoms with Crippen LogP contribution in [-0.4, -0.2) is 68.8 Å². The highest BCUT2D eigenvalue weighted by Crippen LogP contribution is 2.23. The van der Waals surface area contributed by atoms with E-state index in [1.807, 2.05) is 11.1 Å². The second-order valence-corrected chi connectivity index (χ2v) is 6.09. The van der Waals surface area contributed by atoms with E-state index in [4.69, 9.17) is 4.74 Å². The Morgan fingerprint density at radius 1 is 1.35 bits per heavy atom. The molecule has 1 aliphatic rings. The fourth-order valence-electron chi connectivity index (χ4n) is 2.24. The average Bonchev–Trinajstić information content (AvgIpc) is 3.00. The van der Waals surface area contributed by atoms with Crippen molar-refractivity contribution in [2.24, 2.45) is 0 Å². The first-order valence-corrected chi connectivity index (χ1v) is 8.23. The maximum Gasteiger partial charge on any atom is 0.236 e. The molecule has 2 heterocycles. The van der Waals surface area contributed by atoms with Crippen LogP contribution in [0.4, 0.5) is 5.13 Å². The zero-order valence-corrected chi connectivity index (χ0v) is 16.1. The number of aryl methyl sites for hydroxylation is 1. The lowest BCUT2D eigenvalue weighted by Crippen LogP contribution is -2.51. The lowest BCUT2D eigenvalue weighted by molar-refractivity contribution is -0.130. The molecule has 1 aromatic rings. The zero-order chi connectivity index (χ0) is 15.1. The van der Waals surface area contributed by atoms with Gasteiger partial charge in [-0.15, -0.1) is 36.2 Å². The minimum Gasteiger partial charge on any atom is -0.383 e. The van der Waals surface area contributed by atoms with Crippen molar-refractivity contribution in [3.8, 4) is 0 Å². The van der Waals surface area contributed by atoms with Gasteiger partial charge in [0.2, 0.25) is 5.91 Å². The molecular formula is C14H26Cl2N4O2S.